The molecule has 3 aromatic carbocycles. The molecule has 4 saturated carbocycles. The van der Waals surface area contributed by atoms with E-state index in [2.05, 4.69) is 72.8 Å². The normalized spacial score (nSPS) is 26.6. The lowest BCUT2D eigenvalue weighted by atomic mass is 9.49. The minimum atomic E-state index is -0.193. The third-order valence-electron chi connectivity index (χ3n) is 8.07. The maximum atomic E-state index is 13.0. The first kappa shape index (κ1) is 22.7. The van der Waals surface area contributed by atoms with Gasteiger partial charge in [0.15, 0.2) is 14.7 Å². The molecule has 0 saturated heterocycles. The number of benzene rings is 3. The van der Waals surface area contributed by atoms with Gasteiger partial charge in [-0.15, -0.1) is 0 Å². The Morgan fingerprint density at radius 3 is 1.69 bits per heavy atom. The number of ether oxygens (including phenoxy) is 2. The van der Waals surface area contributed by atoms with Crippen LogP contribution < -0.4 is 4.74 Å². The molecule has 35 heavy (non-hydrogen) atoms. The summed E-state index contributed by atoms with van der Waals surface area (Å²) in [5, 5.41) is 0. The molecule has 4 aliphatic carbocycles. The van der Waals surface area contributed by atoms with E-state index >= 15 is 0 Å². The van der Waals surface area contributed by atoms with E-state index in [1.165, 1.54) is 33.9 Å². The summed E-state index contributed by atoms with van der Waals surface area (Å²) in [7, 11) is -0.167. The van der Waals surface area contributed by atoms with E-state index in [-0.39, 0.29) is 22.3 Å². The average molecular weight is 486 g/mol. The topological polar surface area (TPSA) is 35.5 Å². The maximum absolute atomic E-state index is 13.0. The van der Waals surface area contributed by atoms with E-state index in [1.807, 2.05) is 12.1 Å². The van der Waals surface area contributed by atoms with E-state index in [0.29, 0.717) is 13.2 Å². The molecule has 0 radical (unpaired) electrons. The van der Waals surface area contributed by atoms with Gasteiger partial charge in [-0.05, 0) is 105 Å². The van der Waals surface area contributed by atoms with Crippen LogP contribution >= 0.6 is 0 Å². The van der Waals surface area contributed by atoms with Gasteiger partial charge in [-0.2, -0.15) is 0 Å². The van der Waals surface area contributed by atoms with Crippen LogP contribution in [0.1, 0.15) is 38.5 Å². The summed E-state index contributed by atoms with van der Waals surface area (Å²) in [5.41, 5.74) is -0.193. The van der Waals surface area contributed by atoms with Gasteiger partial charge in [-0.25, -0.2) is 0 Å². The van der Waals surface area contributed by atoms with Gasteiger partial charge in [0.05, 0.1) is 16.3 Å². The third-order valence-corrected chi connectivity index (χ3v) is 10.3. The van der Waals surface area contributed by atoms with Crippen LogP contribution in [0.3, 0.4) is 0 Å². The highest BCUT2D eigenvalue weighted by Gasteiger charge is 2.55. The molecule has 0 heterocycles. The van der Waals surface area contributed by atoms with Crippen molar-refractivity contribution < 1.29 is 14.3 Å². The molecule has 0 amide bonds. The Morgan fingerprint density at radius 2 is 1.17 bits per heavy atom. The van der Waals surface area contributed by atoms with Crippen LogP contribution in [0, 0.1) is 23.2 Å². The zero-order valence-corrected chi connectivity index (χ0v) is 20.9. The van der Waals surface area contributed by atoms with Crippen LogP contribution in [-0.2, 0) is 20.4 Å². The predicted molar refractivity (Wildman–Crippen MR) is 139 cm³/mol. The molecule has 0 unspecified atom stereocenters. The van der Waals surface area contributed by atoms with Gasteiger partial charge >= 0.3 is 5.97 Å². The van der Waals surface area contributed by atoms with Crippen molar-refractivity contribution in [2.24, 2.45) is 23.2 Å². The predicted octanol–water partition coefficient (Wildman–Crippen LogP) is 6.92. The van der Waals surface area contributed by atoms with Crippen LogP contribution in [-0.4, -0.2) is 19.2 Å². The summed E-state index contributed by atoms with van der Waals surface area (Å²) in [5.74, 6) is 3.09. The summed E-state index contributed by atoms with van der Waals surface area (Å²) < 4.78 is 11.7. The van der Waals surface area contributed by atoms with E-state index in [9.17, 15) is 4.79 Å². The van der Waals surface area contributed by atoms with Gasteiger partial charge in [-0.1, -0.05) is 36.4 Å². The van der Waals surface area contributed by atoms with Crippen molar-refractivity contribution in [2.75, 3.05) is 13.2 Å². The number of rotatable bonds is 8. The summed E-state index contributed by atoms with van der Waals surface area (Å²) in [4.78, 5) is 16.9. The molecule has 0 spiro atoms. The second-order valence-corrected chi connectivity index (χ2v) is 12.6. The van der Waals surface area contributed by atoms with Gasteiger partial charge in [-0.3, -0.25) is 4.79 Å². The van der Waals surface area contributed by atoms with E-state index < -0.39 is 0 Å². The summed E-state index contributed by atoms with van der Waals surface area (Å²) in [6, 6.07) is 29.6. The Bertz CT molecular complexity index is 1070. The molecule has 3 nitrogen and oxygen atoms in total. The average Bonchev–Trinajstić information content (AvgIpc) is 2.88. The highest BCUT2D eigenvalue weighted by molar-refractivity contribution is 7.97. The van der Waals surface area contributed by atoms with Crippen molar-refractivity contribution >= 4 is 16.9 Å². The third kappa shape index (κ3) is 4.73. The fourth-order valence-corrected chi connectivity index (χ4v) is 9.08. The van der Waals surface area contributed by atoms with Crippen molar-refractivity contribution in [2.45, 2.75) is 53.2 Å². The molecule has 4 aliphatic rings. The van der Waals surface area contributed by atoms with Gasteiger partial charge < -0.3 is 9.47 Å². The molecule has 4 heteroatoms. The maximum Gasteiger partial charge on any atom is 0.312 e. The monoisotopic (exact) mass is 485 g/mol. The Hall–Kier alpha value is -2.72. The number of carbonyl (C=O) groups excluding carboxylic acids is 1. The van der Waals surface area contributed by atoms with Gasteiger partial charge in [0.1, 0.15) is 19.0 Å². The molecule has 4 bridgehead atoms. The highest BCUT2D eigenvalue weighted by atomic mass is 32.2. The van der Waals surface area contributed by atoms with E-state index in [4.69, 9.17) is 9.47 Å². The quantitative estimate of drug-likeness (QED) is 0.197. The fraction of sp³-hybridized carbons (Fsp3) is 0.387. The first-order valence-corrected chi connectivity index (χ1v) is 14.2. The number of hydrogen-bond donors (Lipinski definition) is 0. The summed E-state index contributed by atoms with van der Waals surface area (Å²) >= 11 is 0. The molecule has 0 aromatic heterocycles. The SMILES string of the molecule is O=C(OCCOc1ccc([S+](c2ccccc2)c2ccccc2)cc1)C12CC3CC(CC(C3)C1)C2. The zero-order chi connectivity index (χ0) is 23.7. The second-order valence-electron chi connectivity index (χ2n) is 10.6. The molecule has 4 fully saturated rings. The van der Waals surface area contributed by atoms with Crippen LogP contribution in [0.2, 0.25) is 0 Å². The fourth-order valence-electron chi connectivity index (χ4n) is 7.00. The lowest BCUT2D eigenvalue weighted by molar-refractivity contribution is -0.172. The largest absolute Gasteiger partial charge is 0.490 e. The number of hydrogen-bond acceptors (Lipinski definition) is 3. The molecule has 0 N–H and O–H groups in total. The smallest absolute Gasteiger partial charge is 0.312 e. The zero-order valence-electron chi connectivity index (χ0n) is 20.1. The van der Waals surface area contributed by atoms with Crippen molar-refractivity contribution in [3.63, 3.8) is 0 Å². The van der Waals surface area contributed by atoms with Crippen molar-refractivity contribution in [3.8, 4) is 5.75 Å². The Balaban J connectivity index is 1.06. The molecule has 3 aromatic rings. The van der Waals surface area contributed by atoms with Gasteiger partial charge in [0.2, 0.25) is 0 Å². The highest BCUT2D eigenvalue weighted by Crippen LogP contribution is 2.60. The summed E-state index contributed by atoms with van der Waals surface area (Å²) in [6.45, 7) is 0.710. The first-order valence-electron chi connectivity index (χ1n) is 12.9. The molecule has 180 valence electrons. The van der Waals surface area contributed by atoms with Crippen LogP contribution in [0.25, 0.3) is 0 Å². The van der Waals surface area contributed by atoms with Crippen LogP contribution in [0.15, 0.2) is 99.6 Å². The van der Waals surface area contributed by atoms with Crippen molar-refractivity contribution in [3.05, 3.63) is 84.9 Å². The Morgan fingerprint density at radius 1 is 0.686 bits per heavy atom. The van der Waals surface area contributed by atoms with Gasteiger partial charge in [0.25, 0.3) is 0 Å². The minimum absolute atomic E-state index is 0.0327. The van der Waals surface area contributed by atoms with Crippen molar-refractivity contribution in [1.82, 2.24) is 0 Å². The van der Waals surface area contributed by atoms with Crippen molar-refractivity contribution in [1.29, 1.82) is 0 Å². The molecule has 7 rings (SSSR count). The second kappa shape index (κ2) is 9.73. The Labute approximate surface area is 211 Å². The molecule has 0 atom stereocenters. The first-order chi connectivity index (χ1) is 17.2. The lowest BCUT2D eigenvalue weighted by Crippen LogP contribution is -2.50. The van der Waals surface area contributed by atoms with Crippen LogP contribution in [0.4, 0.5) is 0 Å². The van der Waals surface area contributed by atoms with Crippen LogP contribution in [0.5, 0.6) is 5.75 Å². The summed E-state index contributed by atoms with van der Waals surface area (Å²) in [6.07, 6.45) is 7.14. The minimum Gasteiger partial charge on any atom is -0.490 e. The number of esters is 1. The number of carbonyl (C=O) groups is 1. The van der Waals surface area contributed by atoms with E-state index in [0.717, 1.165) is 42.8 Å². The molecular weight excluding hydrogens is 452 g/mol. The molecule has 0 aliphatic heterocycles. The van der Waals surface area contributed by atoms with E-state index in [1.54, 1.807) is 0 Å². The molecular formula is C31H33O3S+. The standard InChI is InChI=1S/C31H33O3S/c32-30(31-20-23-17-24(21-31)19-25(18-23)22-31)34-16-15-33-26-11-13-29(14-12-26)35(27-7-3-1-4-8-27)28-9-5-2-6-10-28/h1-14,23-25H,15-22H2/q+1. The van der Waals surface area contributed by atoms with Gasteiger partial charge in [0, 0.05) is 0 Å². The Kier molecular flexibility index (Phi) is 6.32. The lowest BCUT2D eigenvalue weighted by Gasteiger charge is -2.55.